The molecule has 1 aromatic rings. The van der Waals surface area contributed by atoms with Gasteiger partial charge in [-0.1, -0.05) is 35.3 Å². The van der Waals surface area contributed by atoms with Gasteiger partial charge in [0.15, 0.2) is 5.78 Å². The predicted octanol–water partition coefficient (Wildman–Crippen LogP) is 3.73. The highest BCUT2D eigenvalue weighted by Gasteiger charge is 2.01. The van der Waals surface area contributed by atoms with Crippen molar-refractivity contribution in [1.82, 2.24) is 0 Å². The summed E-state index contributed by atoms with van der Waals surface area (Å²) in [4.78, 5) is 10.9. The highest BCUT2D eigenvalue weighted by atomic mass is 35.5. The molecule has 0 atom stereocenters. The van der Waals surface area contributed by atoms with Crippen molar-refractivity contribution in [2.45, 2.75) is 0 Å². The Hall–Kier alpha value is -0.500. The molecule has 0 unspecified atom stereocenters. The summed E-state index contributed by atoms with van der Waals surface area (Å²) in [7, 11) is 0. The first-order chi connectivity index (χ1) is 6.63. The normalized spacial score (nSPS) is 11.5. The Morgan fingerprint density at radius 1 is 1.29 bits per heavy atom. The molecule has 1 rings (SSSR count). The van der Waals surface area contributed by atoms with Crippen LogP contribution in [0.4, 0.5) is 0 Å². The lowest BCUT2D eigenvalue weighted by Gasteiger charge is -1.98. The maximum absolute atomic E-state index is 10.9. The van der Waals surface area contributed by atoms with Crippen LogP contribution < -0.4 is 0 Å². The van der Waals surface area contributed by atoms with Gasteiger partial charge in [-0.25, -0.2) is 0 Å². The van der Waals surface area contributed by atoms with Crippen molar-refractivity contribution in [2.24, 2.45) is 0 Å². The van der Waals surface area contributed by atoms with Crippen LogP contribution in [-0.4, -0.2) is 11.7 Å². The molecule has 74 valence electrons. The second kappa shape index (κ2) is 5.40. The van der Waals surface area contributed by atoms with E-state index in [0.717, 1.165) is 5.56 Å². The maximum Gasteiger partial charge on any atom is 0.171 e. The minimum atomic E-state index is -0.216. The third kappa shape index (κ3) is 3.33. The van der Waals surface area contributed by atoms with Crippen molar-refractivity contribution in [3.05, 3.63) is 40.9 Å². The second-order valence-electron chi connectivity index (χ2n) is 2.60. The van der Waals surface area contributed by atoms with Crippen molar-refractivity contribution >= 4 is 45.6 Å². The molecule has 1 aromatic carbocycles. The molecule has 0 aliphatic rings. The largest absolute Gasteiger partial charge is 0.293 e. The molecule has 0 aliphatic heterocycles. The van der Waals surface area contributed by atoms with Gasteiger partial charge < -0.3 is 0 Å². The van der Waals surface area contributed by atoms with Crippen LogP contribution in [0.15, 0.2) is 30.3 Å². The van der Waals surface area contributed by atoms with E-state index in [0.29, 0.717) is 10.1 Å². The number of hydrogen-bond acceptors (Lipinski definition) is 1. The molecule has 0 aliphatic carbocycles. The van der Waals surface area contributed by atoms with E-state index in [4.69, 9.17) is 34.8 Å². The number of hydrogen-bond donors (Lipinski definition) is 0. The molecule has 0 aromatic heterocycles. The van der Waals surface area contributed by atoms with Crippen LogP contribution in [0.25, 0.3) is 5.03 Å². The van der Waals surface area contributed by atoms with E-state index < -0.39 is 0 Å². The van der Waals surface area contributed by atoms with Gasteiger partial charge in [-0.2, -0.15) is 0 Å². The lowest BCUT2D eigenvalue weighted by molar-refractivity contribution is -0.112. The number of allylic oxidation sites excluding steroid dienone is 1. The van der Waals surface area contributed by atoms with Crippen molar-refractivity contribution in [3.8, 4) is 0 Å². The van der Waals surface area contributed by atoms with Gasteiger partial charge in [0.2, 0.25) is 0 Å². The fourth-order valence-corrected chi connectivity index (χ4v) is 1.32. The van der Waals surface area contributed by atoms with E-state index in [9.17, 15) is 4.79 Å². The highest BCUT2D eigenvalue weighted by Crippen LogP contribution is 2.20. The SMILES string of the molecule is O=C(/C=C(\Cl)c1ccc(Cl)cc1)CCl. The summed E-state index contributed by atoms with van der Waals surface area (Å²) < 4.78 is 0. The van der Waals surface area contributed by atoms with E-state index in [2.05, 4.69) is 0 Å². The summed E-state index contributed by atoms with van der Waals surface area (Å²) in [5.74, 6) is -0.282. The smallest absolute Gasteiger partial charge is 0.171 e. The van der Waals surface area contributed by atoms with Crippen LogP contribution in [0.1, 0.15) is 5.56 Å². The van der Waals surface area contributed by atoms with Crippen molar-refractivity contribution in [3.63, 3.8) is 0 Å². The number of ketones is 1. The molecule has 0 spiro atoms. The molecule has 0 saturated carbocycles. The van der Waals surface area contributed by atoms with Gasteiger partial charge in [0.1, 0.15) is 0 Å². The fraction of sp³-hybridized carbons (Fsp3) is 0.100. The fourth-order valence-electron chi connectivity index (χ4n) is 0.872. The molecule has 0 radical (unpaired) electrons. The average Bonchev–Trinajstić information content (AvgIpc) is 2.18. The quantitative estimate of drug-likeness (QED) is 0.589. The van der Waals surface area contributed by atoms with E-state index in [1.165, 1.54) is 6.08 Å². The molecule has 0 N–H and O–H groups in total. The summed E-state index contributed by atoms with van der Waals surface area (Å²) in [5, 5.41) is 0.995. The minimum absolute atomic E-state index is 0.0657. The zero-order valence-electron chi connectivity index (χ0n) is 7.14. The van der Waals surface area contributed by atoms with Crippen LogP contribution in [-0.2, 0) is 4.79 Å². The van der Waals surface area contributed by atoms with Gasteiger partial charge in [-0.3, -0.25) is 4.79 Å². The van der Waals surface area contributed by atoms with Gasteiger partial charge in [-0.15, -0.1) is 11.6 Å². The zero-order valence-corrected chi connectivity index (χ0v) is 9.40. The minimum Gasteiger partial charge on any atom is -0.293 e. The van der Waals surface area contributed by atoms with Crippen molar-refractivity contribution < 1.29 is 4.79 Å². The molecule has 4 heteroatoms. The molecular formula is C10H7Cl3O. The summed E-state index contributed by atoms with van der Waals surface area (Å²) in [6.45, 7) is 0. The average molecular weight is 250 g/mol. The number of carbonyl (C=O) groups excluding carboxylic acids is 1. The first kappa shape index (κ1) is 11.6. The topological polar surface area (TPSA) is 17.1 Å². The van der Waals surface area contributed by atoms with E-state index in [-0.39, 0.29) is 11.7 Å². The van der Waals surface area contributed by atoms with E-state index in [1.54, 1.807) is 24.3 Å². The standard InChI is InChI=1S/C10H7Cl3O/c11-6-9(14)5-10(13)7-1-3-8(12)4-2-7/h1-5H,6H2/b10-5-. The molecule has 0 bridgehead atoms. The maximum atomic E-state index is 10.9. The van der Waals surface area contributed by atoms with Crippen LogP contribution >= 0.6 is 34.8 Å². The van der Waals surface area contributed by atoms with E-state index >= 15 is 0 Å². The monoisotopic (exact) mass is 248 g/mol. The van der Waals surface area contributed by atoms with Gasteiger partial charge in [-0.05, 0) is 17.7 Å². The molecule has 1 nitrogen and oxygen atoms in total. The van der Waals surface area contributed by atoms with E-state index in [1.807, 2.05) is 0 Å². The van der Waals surface area contributed by atoms with Gasteiger partial charge >= 0.3 is 0 Å². The van der Waals surface area contributed by atoms with Crippen LogP contribution in [0.2, 0.25) is 5.02 Å². The first-order valence-electron chi connectivity index (χ1n) is 3.85. The molecule has 0 saturated heterocycles. The Morgan fingerprint density at radius 3 is 2.36 bits per heavy atom. The van der Waals surface area contributed by atoms with Gasteiger partial charge in [0, 0.05) is 11.1 Å². The number of alkyl halides is 1. The Morgan fingerprint density at radius 2 is 1.86 bits per heavy atom. The predicted molar refractivity (Wildman–Crippen MR) is 61.0 cm³/mol. The van der Waals surface area contributed by atoms with Gasteiger partial charge in [0.25, 0.3) is 0 Å². The summed E-state index contributed by atoms with van der Waals surface area (Å²) >= 11 is 16.9. The zero-order chi connectivity index (χ0) is 10.6. The number of benzene rings is 1. The number of rotatable bonds is 3. The highest BCUT2D eigenvalue weighted by molar-refractivity contribution is 6.50. The Bertz CT molecular complexity index is 354. The molecule has 0 amide bonds. The third-order valence-electron chi connectivity index (χ3n) is 1.54. The van der Waals surface area contributed by atoms with Gasteiger partial charge in [0.05, 0.1) is 10.9 Å². The lowest BCUT2D eigenvalue weighted by atomic mass is 10.2. The molecule has 14 heavy (non-hydrogen) atoms. The van der Waals surface area contributed by atoms with Crippen molar-refractivity contribution in [1.29, 1.82) is 0 Å². The van der Waals surface area contributed by atoms with Crippen LogP contribution in [0, 0.1) is 0 Å². The Labute approximate surface area is 97.3 Å². The summed E-state index contributed by atoms with van der Waals surface area (Å²) in [6.07, 6.45) is 1.30. The number of carbonyl (C=O) groups is 1. The number of halogens is 3. The summed E-state index contributed by atoms with van der Waals surface area (Å²) in [5.41, 5.74) is 0.745. The van der Waals surface area contributed by atoms with Crippen LogP contribution in [0.5, 0.6) is 0 Å². The second-order valence-corrected chi connectivity index (χ2v) is 3.71. The Balaban J connectivity index is 2.89. The Kier molecular flexibility index (Phi) is 4.46. The third-order valence-corrected chi connectivity index (χ3v) is 2.38. The van der Waals surface area contributed by atoms with Crippen LogP contribution in [0.3, 0.4) is 0 Å². The lowest BCUT2D eigenvalue weighted by Crippen LogP contribution is -1.93. The molecule has 0 heterocycles. The summed E-state index contributed by atoms with van der Waals surface area (Å²) in [6, 6.07) is 6.89. The van der Waals surface area contributed by atoms with Crippen molar-refractivity contribution in [2.75, 3.05) is 5.88 Å². The molecular weight excluding hydrogens is 242 g/mol. The molecule has 0 fully saturated rings. The first-order valence-corrected chi connectivity index (χ1v) is 5.14.